The third kappa shape index (κ3) is 4.02. The zero-order valence-corrected chi connectivity index (χ0v) is 12.4. The minimum atomic E-state index is 0.677. The molecule has 1 heterocycles. The van der Waals surface area contributed by atoms with Gasteiger partial charge in [-0.2, -0.15) is 0 Å². The average molecular weight is 331 g/mol. The molecule has 2 aromatic rings. The first kappa shape index (κ1) is 12.9. The monoisotopic (exact) mass is 329 g/mol. The fourth-order valence-corrected chi connectivity index (χ4v) is 3.14. The van der Waals surface area contributed by atoms with Gasteiger partial charge in [-0.1, -0.05) is 12.1 Å². The second-order valence-electron chi connectivity index (χ2n) is 3.72. The molecule has 0 saturated heterocycles. The highest BCUT2D eigenvalue weighted by molar-refractivity contribution is 9.10. The lowest BCUT2D eigenvalue weighted by molar-refractivity contribution is 1.14. The average Bonchev–Trinajstić information content (AvgIpc) is 2.75. The van der Waals surface area contributed by atoms with E-state index in [0.717, 1.165) is 23.1 Å². The van der Waals surface area contributed by atoms with E-state index >= 15 is 0 Å². The van der Waals surface area contributed by atoms with Crippen molar-refractivity contribution in [2.45, 2.75) is 13.0 Å². The minimum Gasteiger partial charge on any atom is -0.380 e. The highest BCUT2D eigenvalue weighted by atomic mass is 79.9. The Morgan fingerprint density at radius 1 is 1.24 bits per heavy atom. The van der Waals surface area contributed by atoms with Crippen LogP contribution in [0.25, 0.3) is 0 Å². The molecule has 0 amide bonds. The maximum absolute atomic E-state index is 5.70. The van der Waals surface area contributed by atoms with Gasteiger partial charge in [0.25, 0.3) is 0 Å². The smallest absolute Gasteiger partial charge is 0.0494 e. The number of aryl methyl sites for hydroxylation is 1. The zero-order valence-electron chi connectivity index (χ0n) is 9.25. The molecule has 0 aliphatic carbocycles. The number of rotatable bonds is 5. The molecule has 0 aliphatic rings. The standard InChI is InChI=1S/C13H13BrClNS/c14-11-7-13(17-9-11)8-16-12-3-1-10(2-4-12)5-6-15/h1-4,7,9,16H,5-6,8H2. The van der Waals surface area contributed by atoms with E-state index in [1.165, 1.54) is 10.4 Å². The fraction of sp³-hybridized carbons (Fsp3) is 0.231. The number of hydrogen-bond acceptors (Lipinski definition) is 2. The second-order valence-corrected chi connectivity index (χ2v) is 6.01. The van der Waals surface area contributed by atoms with Crippen molar-refractivity contribution in [3.63, 3.8) is 0 Å². The Morgan fingerprint density at radius 2 is 2.00 bits per heavy atom. The van der Waals surface area contributed by atoms with E-state index in [1.54, 1.807) is 11.3 Å². The van der Waals surface area contributed by atoms with E-state index in [4.69, 9.17) is 11.6 Å². The predicted molar refractivity (Wildman–Crippen MR) is 80.2 cm³/mol. The first-order valence-corrected chi connectivity index (χ1v) is 7.60. The molecule has 90 valence electrons. The Morgan fingerprint density at radius 3 is 2.59 bits per heavy atom. The lowest BCUT2D eigenvalue weighted by Crippen LogP contribution is -1.97. The van der Waals surface area contributed by atoms with Crippen molar-refractivity contribution >= 4 is 44.6 Å². The van der Waals surface area contributed by atoms with E-state index in [2.05, 4.69) is 57.0 Å². The highest BCUT2D eigenvalue weighted by Crippen LogP contribution is 2.21. The normalized spacial score (nSPS) is 10.5. The maximum atomic E-state index is 5.70. The van der Waals surface area contributed by atoms with Gasteiger partial charge in [0.05, 0.1) is 0 Å². The van der Waals surface area contributed by atoms with Crippen LogP contribution in [0.4, 0.5) is 5.69 Å². The molecule has 0 bridgehead atoms. The lowest BCUT2D eigenvalue weighted by atomic mass is 10.1. The molecule has 0 atom stereocenters. The van der Waals surface area contributed by atoms with Crippen LogP contribution in [0.3, 0.4) is 0 Å². The van der Waals surface area contributed by atoms with Gasteiger partial charge in [0.15, 0.2) is 0 Å². The summed E-state index contributed by atoms with van der Waals surface area (Å²) in [5.41, 5.74) is 2.43. The summed E-state index contributed by atoms with van der Waals surface area (Å²) in [5, 5.41) is 5.50. The third-order valence-electron chi connectivity index (χ3n) is 2.43. The van der Waals surface area contributed by atoms with Gasteiger partial charge < -0.3 is 5.32 Å². The van der Waals surface area contributed by atoms with Crippen LogP contribution in [0, 0.1) is 0 Å². The Labute approximate surface area is 119 Å². The minimum absolute atomic E-state index is 0.677. The summed E-state index contributed by atoms with van der Waals surface area (Å²) in [6, 6.07) is 10.6. The molecule has 0 unspecified atom stereocenters. The largest absolute Gasteiger partial charge is 0.380 e. The van der Waals surface area contributed by atoms with Crippen LogP contribution in [0.1, 0.15) is 10.4 Å². The summed E-state index contributed by atoms with van der Waals surface area (Å²) in [4.78, 5) is 1.32. The molecule has 0 radical (unpaired) electrons. The topological polar surface area (TPSA) is 12.0 Å². The third-order valence-corrected chi connectivity index (χ3v) is 4.31. The van der Waals surface area contributed by atoms with Gasteiger partial charge in [0, 0.05) is 32.8 Å². The van der Waals surface area contributed by atoms with Crippen molar-refractivity contribution in [1.29, 1.82) is 0 Å². The Hall–Kier alpha value is -0.510. The van der Waals surface area contributed by atoms with E-state index < -0.39 is 0 Å². The Balaban J connectivity index is 1.90. The molecule has 1 N–H and O–H groups in total. The van der Waals surface area contributed by atoms with Gasteiger partial charge in [0.2, 0.25) is 0 Å². The number of halogens is 2. The molecule has 17 heavy (non-hydrogen) atoms. The Kier molecular flexibility index (Phi) is 4.89. The van der Waals surface area contributed by atoms with Crippen LogP contribution < -0.4 is 5.32 Å². The molecule has 0 saturated carbocycles. The molecular weight excluding hydrogens is 318 g/mol. The van der Waals surface area contributed by atoms with Gasteiger partial charge in [-0.05, 0) is 46.1 Å². The molecule has 1 aromatic heterocycles. The van der Waals surface area contributed by atoms with E-state index in [-0.39, 0.29) is 0 Å². The van der Waals surface area contributed by atoms with Crippen LogP contribution in [-0.4, -0.2) is 5.88 Å². The SMILES string of the molecule is ClCCc1ccc(NCc2cc(Br)cs2)cc1. The quantitative estimate of drug-likeness (QED) is 0.769. The van der Waals surface area contributed by atoms with E-state index in [9.17, 15) is 0 Å². The number of anilines is 1. The van der Waals surface area contributed by atoms with Gasteiger partial charge in [-0.15, -0.1) is 22.9 Å². The molecule has 0 spiro atoms. The van der Waals surface area contributed by atoms with Crippen molar-refractivity contribution in [2.24, 2.45) is 0 Å². The first-order chi connectivity index (χ1) is 8.28. The summed E-state index contributed by atoms with van der Waals surface area (Å²) in [7, 11) is 0. The predicted octanol–water partition coefficient (Wildman–Crippen LogP) is 4.90. The Bertz CT molecular complexity index is 467. The fourth-order valence-electron chi connectivity index (χ4n) is 1.53. The van der Waals surface area contributed by atoms with Crippen LogP contribution in [0.15, 0.2) is 40.2 Å². The molecule has 2 rings (SSSR count). The van der Waals surface area contributed by atoms with Gasteiger partial charge in [-0.3, -0.25) is 0 Å². The number of hydrogen-bond donors (Lipinski definition) is 1. The van der Waals surface area contributed by atoms with Gasteiger partial charge >= 0.3 is 0 Å². The second kappa shape index (κ2) is 6.43. The van der Waals surface area contributed by atoms with Gasteiger partial charge in [0.1, 0.15) is 0 Å². The molecule has 0 fully saturated rings. The summed E-state index contributed by atoms with van der Waals surface area (Å²) in [6.45, 7) is 0.866. The number of benzene rings is 1. The van der Waals surface area contributed by atoms with Crippen molar-refractivity contribution < 1.29 is 0 Å². The maximum Gasteiger partial charge on any atom is 0.0494 e. The summed E-state index contributed by atoms with van der Waals surface area (Å²) < 4.78 is 1.15. The highest BCUT2D eigenvalue weighted by Gasteiger charge is 1.98. The number of nitrogens with one attached hydrogen (secondary N) is 1. The number of alkyl halides is 1. The van der Waals surface area contributed by atoms with Crippen LogP contribution in [0.5, 0.6) is 0 Å². The van der Waals surface area contributed by atoms with E-state index in [1.807, 2.05) is 0 Å². The molecular formula is C13H13BrClNS. The molecule has 4 heteroatoms. The lowest BCUT2D eigenvalue weighted by Gasteiger charge is -2.05. The van der Waals surface area contributed by atoms with Crippen LogP contribution in [0.2, 0.25) is 0 Å². The van der Waals surface area contributed by atoms with Crippen LogP contribution >= 0.6 is 38.9 Å². The van der Waals surface area contributed by atoms with Crippen molar-refractivity contribution in [3.8, 4) is 0 Å². The molecule has 1 nitrogen and oxygen atoms in total. The summed E-state index contributed by atoms with van der Waals surface area (Å²) >= 11 is 10.9. The van der Waals surface area contributed by atoms with E-state index in [0.29, 0.717) is 5.88 Å². The summed E-state index contributed by atoms with van der Waals surface area (Å²) in [5.74, 6) is 0.677. The van der Waals surface area contributed by atoms with Crippen LogP contribution in [-0.2, 0) is 13.0 Å². The summed E-state index contributed by atoms with van der Waals surface area (Å²) in [6.07, 6.45) is 0.930. The zero-order chi connectivity index (χ0) is 12.1. The van der Waals surface area contributed by atoms with Gasteiger partial charge in [-0.25, -0.2) is 0 Å². The van der Waals surface area contributed by atoms with Crippen molar-refractivity contribution in [2.75, 3.05) is 11.2 Å². The van der Waals surface area contributed by atoms with Crippen molar-refractivity contribution in [3.05, 3.63) is 50.6 Å². The van der Waals surface area contributed by atoms with Crippen molar-refractivity contribution in [1.82, 2.24) is 0 Å². The first-order valence-electron chi connectivity index (χ1n) is 5.39. The number of thiophene rings is 1. The molecule has 0 aliphatic heterocycles. The molecule has 1 aromatic carbocycles.